The minimum atomic E-state index is -1.60. The molecule has 3 aromatic rings. The number of aromatic nitrogens is 4. The fourth-order valence-corrected chi connectivity index (χ4v) is 4.34. The molecule has 4 heterocycles. The number of fused-ring (bicyclic) bond motifs is 1. The van der Waals surface area contributed by atoms with Crippen molar-refractivity contribution in [3.05, 3.63) is 65.8 Å². The number of hydrogen-bond acceptors (Lipinski definition) is 5. The van der Waals surface area contributed by atoms with Crippen molar-refractivity contribution in [2.24, 2.45) is 0 Å². The normalized spacial score (nSPS) is 19.9. The zero-order valence-electron chi connectivity index (χ0n) is 18.1. The zero-order valence-corrected chi connectivity index (χ0v) is 18.1. The maximum atomic E-state index is 13.5. The Labute approximate surface area is 192 Å². The summed E-state index contributed by atoms with van der Waals surface area (Å²) in [6, 6.07) is 2.24. The van der Waals surface area contributed by atoms with Crippen LogP contribution < -0.4 is 10.2 Å². The van der Waals surface area contributed by atoms with Crippen molar-refractivity contribution in [3.8, 4) is 0 Å². The maximum absolute atomic E-state index is 13.5. The number of hydrogen-bond donors (Lipinski definition) is 1. The second-order valence-electron chi connectivity index (χ2n) is 8.33. The van der Waals surface area contributed by atoms with Crippen molar-refractivity contribution < 1.29 is 22.8 Å². The van der Waals surface area contributed by atoms with Crippen LogP contribution in [0.15, 0.2) is 36.8 Å². The van der Waals surface area contributed by atoms with Crippen LogP contribution in [0.3, 0.4) is 0 Å². The summed E-state index contributed by atoms with van der Waals surface area (Å²) < 4.78 is 42.1. The molecule has 3 amide bonds. The van der Waals surface area contributed by atoms with Gasteiger partial charge in [0.05, 0.1) is 36.7 Å². The highest BCUT2D eigenvalue weighted by atomic mass is 19.2. The van der Waals surface area contributed by atoms with Gasteiger partial charge in [-0.3, -0.25) is 9.48 Å². The molecule has 1 unspecified atom stereocenters. The Balaban J connectivity index is 1.36. The Bertz CT molecular complexity index is 1240. The predicted octanol–water partition coefficient (Wildman–Crippen LogP) is 3.05. The van der Waals surface area contributed by atoms with Crippen LogP contribution in [0.5, 0.6) is 0 Å². The lowest BCUT2D eigenvalue weighted by Gasteiger charge is -2.35. The number of amides is 3. The summed E-state index contributed by atoms with van der Waals surface area (Å²) in [5.41, 5.74) is 1.05. The summed E-state index contributed by atoms with van der Waals surface area (Å²) in [5, 5.41) is 6.80. The van der Waals surface area contributed by atoms with Gasteiger partial charge in [-0.15, -0.1) is 0 Å². The number of rotatable bonds is 3. The van der Waals surface area contributed by atoms with Crippen LogP contribution in [0.2, 0.25) is 0 Å². The molecule has 1 fully saturated rings. The summed E-state index contributed by atoms with van der Waals surface area (Å²) in [6.07, 6.45) is 5.12. The van der Waals surface area contributed by atoms with Gasteiger partial charge in [0.15, 0.2) is 17.5 Å². The molecule has 1 aromatic carbocycles. The lowest BCUT2D eigenvalue weighted by atomic mass is 10.1. The molecule has 2 aromatic heterocycles. The van der Waals surface area contributed by atoms with E-state index in [1.54, 1.807) is 41.2 Å². The first-order valence-electron chi connectivity index (χ1n) is 10.7. The minimum absolute atomic E-state index is 0.0971. The standard InChI is InChI=1S/C22H20F3N7O2/c1-12-9-32-18(11-30(12)22(34)29-14-6-15(23)20(25)16(24)7-14)17(8-28-32)31-10-13(5-19(31)33)21-26-3-2-4-27-21/h2-4,6-8,12-13H,5,9-11H2,1H3,(H,29,34)/t12-,13?/m0/s1. The van der Waals surface area contributed by atoms with Gasteiger partial charge in [-0.05, 0) is 13.0 Å². The number of urea groups is 1. The predicted molar refractivity (Wildman–Crippen MR) is 114 cm³/mol. The van der Waals surface area contributed by atoms with Crippen LogP contribution >= 0.6 is 0 Å². The number of nitrogens with one attached hydrogen (secondary N) is 1. The number of carbonyl (C=O) groups is 2. The molecule has 0 spiro atoms. The summed E-state index contributed by atoms with van der Waals surface area (Å²) in [6.45, 7) is 2.67. The second-order valence-corrected chi connectivity index (χ2v) is 8.33. The van der Waals surface area contributed by atoms with Crippen LogP contribution in [-0.4, -0.2) is 49.2 Å². The van der Waals surface area contributed by atoms with Gasteiger partial charge in [0.1, 0.15) is 5.82 Å². The van der Waals surface area contributed by atoms with Crippen LogP contribution in [0.4, 0.5) is 29.3 Å². The molecular formula is C22H20F3N7O2. The Kier molecular flexibility index (Phi) is 5.42. The van der Waals surface area contributed by atoms with Gasteiger partial charge in [0.2, 0.25) is 5.91 Å². The SMILES string of the molecule is C[C@H]1Cn2ncc(N3CC(c4ncccn4)CC3=O)c2CN1C(=O)Nc1cc(F)c(F)c(F)c1. The van der Waals surface area contributed by atoms with Gasteiger partial charge >= 0.3 is 6.03 Å². The van der Waals surface area contributed by atoms with Crippen molar-refractivity contribution in [2.45, 2.75) is 38.4 Å². The first kappa shape index (κ1) is 21.9. The topological polar surface area (TPSA) is 96.2 Å². The molecule has 1 saturated heterocycles. The molecule has 9 nitrogen and oxygen atoms in total. The van der Waals surface area contributed by atoms with Crippen LogP contribution in [-0.2, 0) is 17.9 Å². The first-order valence-corrected chi connectivity index (χ1v) is 10.7. The molecule has 2 atom stereocenters. The molecule has 176 valence electrons. The third-order valence-corrected chi connectivity index (χ3v) is 6.08. The highest BCUT2D eigenvalue weighted by molar-refractivity contribution is 5.97. The quantitative estimate of drug-likeness (QED) is 0.593. The highest BCUT2D eigenvalue weighted by Crippen LogP contribution is 2.34. The molecule has 1 N–H and O–H groups in total. The molecule has 12 heteroatoms. The summed E-state index contributed by atoms with van der Waals surface area (Å²) in [4.78, 5) is 37.3. The summed E-state index contributed by atoms with van der Waals surface area (Å²) in [5.74, 6) is -4.06. The molecule has 34 heavy (non-hydrogen) atoms. The number of halogens is 3. The van der Waals surface area contributed by atoms with E-state index in [1.807, 2.05) is 0 Å². The van der Waals surface area contributed by atoms with Gasteiger partial charge in [0, 0.05) is 49.1 Å². The fourth-order valence-electron chi connectivity index (χ4n) is 4.34. The largest absolute Gasteiger partial charge is 0.322 e. The van der Waals surface area contributed by atoms with Crippen molar-refractivity contribution in [2.75, 3.05) is 16.8 Å². The molecule has 0 saturated carbocycles. The molecule has 0 aliphatic carbocycles. The van der Waals surface area contributed by atoms with Crippen molar-refractivity contribution in [3.63, 3.8) is 0 Å². The highest BCUT2D eigenvalue weighted by Gasteiger charge is 2.37. The smallest absolute Gasteiger partial charge is 0.314 e. The Morgan fingerprint density at radius 3 is 2.53 bits per heavy atom. The second kappa shape index (κ2) is 8.43. The van der Waals surface area contributed by atoms with Crippen molar-refractivity contribution >= 4 is 23.3 Å². The van der Waals surface area contributed by atoms with E-state index >= 15 is 0 Å². The van der Waals surface area contributed by atoms with Gasteiger partial charge in [0.25, 0.3) is 0 Å². The van der Waals surface area contributed by atoms with Crippen LogP contribution in [0.1, 0.15) is 30.8 Å². The number of nitrogens with zero attached hydrogens (tertiary/aromatic N) is 6. The van der Waals surface area contributed by atoms with Crippen LogP contribution in [0.25, 0.3) is 0 Å². The summed E-state index contributed by atoms with van der Waals surface area (Å²) in [7, 11) is 0. The van der Waals surface area contributed by atoms with Gasteiger partial charge in [-0.1, -0.05) is 0 Å². The van der Waals surface area contributed by atoms with Crippen molar-refractivity contribution in [1.29, 1.82) is 0 Å². The fraction of sp³-hybridized carbons (Fsp3) is 0.318. The van der Waals surface area contributed by atoms with E-state index in [9.17, 15) is 22.8 Å². The van der Waals surface area contributed by atoms with Gasteiger partial charge in [-0.2, -0.15) is 5.10 Å². The van der Waals surface area contributed by atoms with Crippen LogP contribution in [0, 0.1) is 17.5 Å². The Hall–Kier alpha value is -3.96. The molecule has 0 radical (unpaired) electrons. The van der Waals surface area contributed by atoms with E-state index in [0.29, 0.717) is 30.3 Å². The minimum Gasteiger partial charge on any atom is -0.314 e. The number of benzene rings is 1. The lowest BCUT2D eigenvalue weighted by Crippen LogP contribution is -2.47. The molecular weight excluding hydrogens is 451 g/mol. The van der Waals surface area contributed by atoms with E-state index in [2.05, 4.69) is 20.4 Å². The van der Waals surface area contributed by atoms with E-state index in [4.69, 9.17) is 0 Å². The van der Waals surface area contributed by atoms with E-state index in [-0.39, 0.29) is 36.5 Å². The number of anilines is 2. The number of carbonyl (C=O) groups excluding carboxylic acids is 2. The first-order chi connectivity index (χ1) is 16.3. The average molecular weight is 471 g/mol. The Morgan fingerprint density at radius 1 is 1.12 bits per heavy atom. The van der Waals surface area contributed by atoms with E-state index in [1.165, 1.54) is 4.90 Å². The summed E-state index contributed by atoms with van der Waals surface area (Å²) >= 11 is 0. The van der Waals surface area contributed by atoms with Gasteiger partial charge < -0.3 is 15.1 Å². The molecule has 5 rings (SSSR count). The van der Waals surface area contributed by atoms with E-state index < -0.39 is 23.5 Å². The average Bonchev–Trinajstić information content (AvgIpc) is 3.40. The Morgan fingerprint density at radius 2 is 1.82 bits per heavy atom. The third-order valence-electron chi connectivity index (χ3n) is 6.08. The monoisotopic (exact) mass is 471 g/mol. The molecule has 2 aliphatic rings. The van der Waals surface area contributed by atoms with E-state index in [0.717, 1.165) is 12.1 Å². The zero-order chi connectivity index (χ0) is 24.0. The molecule has 2 aliphatic heterocycles. The van der Waals surface area contributed by atoms with Gasteiger partial charge in [-0.25, -0.2) is 27.9 Å². The molecule has 0 bridgehead atoms. The lowest BCUT2D eigenvalue weighted by molar-refractivity contribution is -0.117. The third kappa shape index (κ3) is 3.84. The van der Waals surface area contributed by atoms with Crippen molar-refractivity contribution in [1.82, 2.24) is 24.6 Å². The maximum Gasteiger partial charge on any atom is 0.322 e.